The van der Waals surface area contributed by atoms with Gasteiger partial charge in [-0.1, -0.05) is 41.9 Å². The highest BCUT2D eigenvalue weighted by Crippen LogP contribution is 2.29. The van der Waals surface area contributed by atoms with Gasteiger partial charge in [-0.25, -0.2) is 0 Å². The molecule has 1 unspecified atom stereocenters. The third kappa shape index (κ3) is 3.65. The molecular formula is C16H18ClNO2. The number of hydrogen-bond donors (Lipinski definition) is 1. The fourth-order valence-corrected chi connectivity index (χ4v) is 2.29. The van der Waals surface area contributed by atoms with E-state index in [1.54, 1.807) is 14.2 Å². The van der Waals surface area contributed by atoms with E-state index in [-0.39, 0.29) is 6.04 Å². The average Bonchev–Trinajstić information content (AvgIpc) is 2.48. The first-order valence-corrected chi connectivity index (χ1v) is 6.76. The molecule has 1 N–H and O–H groups in total. The summed E-state index contributed by atoms with van der Waals surface area (Å²) in [6.07, 6.45) is 0. The van der Waals surface area contributed by atoms with Crippen molar-refractivity contribution in [1.82, 2.24) is 0 Å². The second kappa shape index (κ2) is 7.17. The molecule has 0 amide bonds. The molecule has 0 saturated heterocycles. The van der Waals surface area contributed by atoms with Crippen LogP contribution in [0.5, 0.6) is 5.75 Å². The van der Waals surface area contributed by atoms with Crippen LogP contribution in [-0.4, -0.2) is 20.8 Å². The Kier molecular flexibility index (Phi) is 5.27. The topological polar surface area (TPSA) is 30.5 Å². The van der Waals surface area contributed by atoms with E-state index in [1.165, 1.54) is 5.56 Å². The summed E-state index contributed by atoms with van der Waals surface area (Å²) < 4.78 is 10.4. The summed E-state index contributed by atoms with van der Waals surface area (Å²) in [7, 11) is 3.30. The molecule has 0 heterocycles. The van der Waals surface area contributed by atoms with Crippen molar-refractivity contribution in [2.45, 2.75) is 6.04 Å². The first kappa shape index (κ1) is 14.7. The smallest absolute Gasteiger partial charge is 0.137 e. The minimum Gasteiger partial charge on any atom is -0.495 e. The predicted molar refractivity (Wildman–Crippen MR) is 82.7 cm³/mol. The third-order valence-electron chi connectivity index (χ3n) is 3.03. The van der Waals surface area contributed by atoms with Gasteiger partial charge in [-0.05, 0) is 23.8 Å². The van der Waals surface area contributed by atoms with Gasteiger partial charge in [0, 0.05) is 12.8 Å². The van der Waals surface area contributed by atoms with Gasteiger partial charge in [0.05, 0.1) is 24.8 Å². The van der Waals surface area contributed by atoms with Crippen LogP contribution in [0.15, 0.2) is 48.5 Å². The molecule has 2 aromatic rings. The number of methoxy groups -OCH3 is 2. The summed E-state index contributed by atoms with van der Waals surface area (Å²) in [5, 5.41) is 4.01. The molecule has 0 aliphatic heterocycles. The van der Waals surface area contributed by atoms with E-state index in [1.807, 2.05) is 36.4 Å². The van der Waals surface area contributed by atoms with E-state index < -0.39 is 0 Å². The number of hydrogen-bond acceptors (Lipinski definition) is 3. The molecule has 3 nitrogen and oxygen atoms in total. The summed E-state index contributed by atoms with van der Waals surface area (Å²) in [4.78, 5) is 0. The maximum atomic E-state index is 6.14. The highest BCUT2D eigenvalue weighted by Gasteiger charge is 2.11. The van der Waals surface area contributed by atoms with Crippen LogP contribution in [0.3, 0.4) is 0 Å². The summed E-state index contributed by atoms with van der Waals surface area (Å²) in [5.41, 5.74) is 2.10. The molecule has 106 valence electrons. The van der Waals surface area contributed by atoms with Crippen LogP contribution in [-0.2, 0) is 4.74 Å². The monoisotopic (exact) mass is 291 g/mol. The van der Waals surface area contributed by atoms with Gasteiger partial charge >= 0.3 is 0 Å². The van der Waals surface area contributed by atoms with E-state index in [2.05, 4.69) is 17.4 Å². The molecule has 0 saturated carbocycles. The van der Waals surface area contributed by atoms with E-state index >= 15 is 0 Å². The highest BCUT2D eigenvalue weighted by molar-refractivity contribution is 6.32. The zero-order valence-corrected chi connectivity index (χ0v) is 12.4. The lowest BCUT2D eigenvalue weighted by Crippen LogP contribution is -2.16. The second-order valence-corrected chi connectivity index (χ2v) is 4.82. The molecule has 2 rings (SSSR count). The van der Waals surface area contributed by atoms with Crippen molar-refractivity contribution < 1.29 is 9.47 Å². The van der Waals surface area contributed by atoms with Gasteiger partial charge in [0.2, 0.25) is 0 Å². The van der Waals surface area contributed by atoms with Crippen molar-refractivity contribution in [3.05, 3.63) is 59.1 Å². The maximum absolute atomic E-state index is 6.14. The minimum absolute atomic E-state index is 0.0747. The zero-order chi connectivity index (χ0) is 14.4. The lowest BCUT2D eigenvalue weighted by Gasteiger charge is -2.20. The summed E-state index contributed by atoms with van der Waals surface area (Å²) >= 11 is 6.14. The number of anilines is 1. The normalized spacial score (nSPS) is 11.9. The molecule has 0 radical (unpaired) electrons. The molecule has 0 bridgehead atoms. The predicted octanol–water partition coefficient (Wildman–Crippen LogP) is 4.15. The lowest BCUT2D eigenvalue weighted by molar-refractivity contribution is 0.186. The molecular weight excluding hydrogens is 274 g/mol. The molecule has 1 atom stereocenters. The SMILES string of the molecule is COCC(Nc1ccc(OC)c(Cl)c1)c1ccccc1. The Morgan fingerprint density at radius 3 is 2.45 bits per heavy atom. The van der Waals surface area contributed by atoms with Crippen LogP contribution in [0.4, 0.5) is 5.69 Å². The highest BCUT2D eigenvalue weighted by atomic mass is 35.5. The van der Waals surface area contributed by atoms with Crippen LogP contribution in [0.25, 0.3) is 0 Å². The Bertz CT molecular complexity index is 545. The van der Waals surface area contributed by atoms with E-state index in [9.17, 15) is 0 Å². The standard InChI is InChI=1S/C16H18ClNO2/c1-19-11-15(12-6-4-3-5-7-12)18-13-8-9-16(20-2)14(17)10-13/h3-10,15,18H,11H2,1-2H3. The largest absolute Gasteiger partial charge is 0.495 e. The molecule has 0 spiro atoms. The Morgan fingerprint density at radius 2 is 1.85 bits per heavy atom. The fourth-order valence-electron chi connectivity index (χ4n) is 2.03. The first-order chi connectivity index (χ1) is 9.74. The molecule has 0 aromatic heterocycles. The fraction of sp³-hybridized carbons (Fsp3) is 0.250. The van der Waals surface area contributed by atoms with Crippen LogP contribution >= 0.6 is 11.6 Å². The Labute approximate surface area is 124 Å². The van der Waals surface area contributed by atoms with Crippen LogP contribution < -0.4 is 10.1 Å². The van der Waals surface area contributed by atoms with Crippen LogP contribution in [0.1, 0.15) is 11.6 Å². The summed E-state index contributed by atoms with van der Waals surface area (Å²) in [6, 6.07) is 15.9. The van der Waals surface area contributed by atoms with E-state index in [0.717, 1.165) is 5.69 Å². The molecule has 20 heavy (non-hydrogen) atoms. The van der Waals surface area contributed by atoms with Gasteiger partial charge in [-0.3, -0.25) is 0 Å². The van der Waals surface area contributed by atoms with Gasteiger partial charge < -0.3 is 14.8 Å². The summed E-state index contributed by atoms with van der Waals surface area (Å²) in [6.45, 7) is 0.577. The van der Waals surface area contributed by atoms with Gasteiger partial charge in [0.25, 0.3) is 0 Å². The van der Waals surface area contributed by atoms with Gasteiger partial charge in [0.1, 0.15) is 5.75 Å². The number of rotatable bonds is 6. The Morgan fingerprint density at radius 1 is 1.10 bits per heavy atom. The number of ether oxygens (including phenoxy) is 2. The number of benzene rings is 2. The number of nitrogens with one attached hydrogen (secondary N) is 1. The van der Waals surface area contributed by atoms with Crippen molar-refractivity contribution in [2.24, 2.45) is 0 Å². The Hall–Kier alpha value is -1.71. The number of halogens is 1. The summed E-state index contributed by atoms with van der Waals surface area (Å²) in [5.74, 6) is 0.667. The van der Waals surface area contributed by atoms with Crippen LogP contribution in [0.2, 0.25) is 5.02 Å². The van der Waals surface area contributed by atoms with E-state index in [0.29, 0.717) is 17.4 Å². The van der Waals surface area contributed by atoms with Gasteiger partial charge in [0.15, 0.2) is 0 Å². The minimum atomic E-state index is 0.0747. The van der Waals surface area contributed by atoms with Gasteiger partial charge in [-0.2, -0.15) is 0 Å². The molecule has 0 aliphatic rings. The van der Waals surface area contributed by atoms with Crippen molar-refractivity contribution >= 4 is 17.3 Å². The van der Waals surface area contributed by atoms with Crippen molar-refractivity contribution in [3.8, 4) is 5.75 Å². The van der Waals surface area contributed by atoms with Crippen LogP contribution in [0, 0.1) is 0 Å². The molecule has 2 aromatic carbocycles. The third-order valence-corrected chi connectivity index (χ3v) is 3.32. The van der Waals surface area contributed by atoms with Crippen molar-refractivity contribution in [2.75, 3.05) is 26.1 Å². The average molecular weight is 292 g/mol. The van der Waals surface area contributed by atoms with Crippen molar-refractivity contribution in [3.63, 3.8) is 0 Å². The first-order valence-electron chi connectivity index (χ1n) is 6.38. The molecule has 4 heteroatoms. The molecule has 0 aliphatic carbocycles. The van der Waals surface area contributed by atoms with E-state index in [4.69, 9.17) is 21.1 Å². The molecule has 0 fully saturated rings. The zero-order valence-electron chi connectivity index (χ0n) is 11.6. The van der Waals surface area contributed by atoms with Crippen molar-refractivity contribution in [1.29, 1.82) is 0 Å². The lowest BCUT2D eigenvalue weighted by atomic mass is 10.1. The van der Waals surface area contributed by atoms with Gasteiger partial charge in [-0.15, -0.1) is 0 Å². The Balaban J connectivity index is 2.18. The maximum Gasteiger partial charge on any atom is 0.137 e. The second-order valence-electron chi connectivity index (χ2n) is 4.41. The quantitative estimate of drug-likeness (QED) is 0.867.